The van der Waals surface area contributed by atoms with Gasteiger partial charge in [0.15, 0.2) is 0 Å². The van der Waals surface area contributed by atoms with Gasteiger partial charge in [0.25, 0.3) is 0 Å². The van der Waals surface area contributed by atoms with Crippen LogP contribution in [0.5, 0.6) is 11.6 Å². The summed E-state index contributed by atoms with van der Waals surface area (Å²) in [6, 6.07) is 11.7. The Morgan fingerprint density at radius 2 is 2.04 bits per heavy atom. The Morgan fingerprint density at radius 3 is 2.81 bits per heavy atom. The number of nitrogens with one attached hydrogen (secondary N) is 1. The molecule has 1 aliphatic rings. The summed E-state index contributed by atoms with van der Waals surface area (Å²) in [6.45, 7) is 3.85. The summed E-state index contributed by atoms with van der Waals surface area (Å²) in [5, 5.41) is 11.0. The third kappa shape index (κ3) is 2.90. The average molecular weight is 378 g/mol. The van der Waals surface area contributed by atoms with E-state index in [0.29, 0.717) is 11.0 Å². The number of ether oxygens (including phenoxy) is 1. The minimum atomic E-state index is -0.760. The summed E-state index contributed by atoms with van der Waals surface area (Å²) < 4.78 is 6.78. The van der Waals surface area contributed by atoms with Crippen molar-refractivity contribution in [1.29, 1.82) is 0 Å². The van der Waals surface area contributed by atoms with Crippen LogP contribution in [0.15, 0.2) is 41.9 Å². The molecule has 1 amide bonds. The maximum Gasteiger partial charge on any atom is 0.232 e. The average Bonchev–Trinajstić information content (AvgIpc) is 3.12. The standard InChI is InChI=1S/C18H15N4O2S.Al/c1-18(2,16(23)21-17-22-20-10-25-17)14-11-6-3-4-8-13(11)24-15-12(14)7-5-9-19-15;/h3-8,10,14H,1-2H3,(H,21,22,23);/t14-;/m0./s1. The van der Waals surface area contributed by atoms with E-state index in [0.717, 1.165) is 21.4 Å². The molecule has 8 heteroatoms. The van der Waals surface area contributed by atoms with Gasteiger partial charge in [-0.2, -0.15) is 0 Å². The smallest absolute Gasteiger partial charge is 0.232 e. The largest absolute Gasteiger partial charge is 0.438 e. The molecule has 0 saturated carbocycles. The molecule has 128 valence electrons. The van der Waals surface area contributed by atoms with Crippen molar-refractivity contribution in [2.24, 2.45) is 5.41 Å². The molecule has 1 aliphatic heterocycles. The molecule has 0 saturated heterocycles. The molecule has 0 spiro atoms. The van der Waals surface area contributed by atoms with Gasteiger partial charge in [0, 0.05) is 17.0 Å². The van der Waals surface area contributed by atoms with Crippen molar-refractivity contribution in [3.05, 3.63) is 53.0 Å². The van der Waals surface area contributed by atoms with Gasteiger partial charge in [-0.3, -0.25) is 4.79 Å². The monoisotopic (exact) mass is 378 g/mol. The summed E-state index contributed by atoms with van der Waals surface area (Å²) in [7, 11) is 0. The number of hydrogen-bond donors (Lipinski definition) is 1. The fourth-order valence-corrected chi connectivity index (χ4v) is 3.90. The van der Waals surface area contributed by atoms with E-state index >= 15 is 0 Å². The lowest BCUT2D eigenvalue weighted by atomic mass is 9.70. The van der Waals surface area contributed by atoms with Gasteiger partial charge >= 0.3 is 0 Å². The molecular weight excluding hydrogens is 363 g/mol. The fraction of sp³-hybridized carbons (Fsp3) is 0.222. The molecule has 1 atom stereocenters. The summed E-state index contributed by atoms with van der Waals surface area (Å²) >= 11 is 3.87. The number of rotatable bonds is 3. The van der Waals surface area contributed by atoms with E-state index in [2.05, 4.69) is 36.8 Å². The molecule has 3 heterocycles. The number of carbonyl (C=O) groups excluding carboxylic acids is 1. The first-order chi connectivity index (χ1) is 12.5. The molecule has 2 radical (unpaired) electrons. The van der Waals surface area contributed by atoms with Crippen molar-refractivity contribution in [2.75, 3.05) is 5.32 Å². The zero-order valence-corrected chi connectivity index (χ0v) is 16.2. The third-order valence-corrected chi connectivity index (χ3v) is 5.47. The summed E-state index contributed by atoms with van der Waals surface area (Å²) in [4.78, 5) is 17.6. The van der Waals surface area contributed by atoms with Crippen molar-refractivity contribution >= 4 is 43.2 Å². The molecule has 1 aromatic carbocycles. The van der Waals surface area contributed by atoms with Gasteiger partial charge in [-0.1, -0.05) is 60.1 Å². The van der Waals surface area contributed by atoms with E-state index in [1.54, 1.807) is 5.51 Å². The second-order valence-electron chi connectivity index (χ2n) is 6.62. The Balaban J connectivity index is 1.80. The second-order valence-corrected chi connectivity index (χ2v) is 8.05. The van der Waals surface area contributed by atoms with Crippen molar-refractivity contribution in [3.8, 4) is 11.6 Å². The molecule has 6 nitrogen and oxygen atoms in total. The zero-order valence-electron chi connectivity index (χ0n) is 14.3. The summed E-state index contributed by atoms with van der Waals surface area (Å²) in [5.41, 5.74) is 2.69. The van der Waals surface area contributed by atoms with Gasteiger partial charge in [0.2, 0.25) is 33.2 Å². The van der Waals surface area contributed by atoms with Crippen molar-refractivity contribution in [3.63, 3.8) is 0 Å². The number of fused-ring (bicyclic) bond motifs is 2. The molecule has 0 unspecified atom stereocenters. The highest BCUT2D eigenvalue weighted by molar-refractivity contribution is 7.13. The number of pyridine rings is 1. The van der Waals surface area contributed by atoms with E-state index < -0.39 is 5.41 Å². The number of amides is 1. The van der Waals surface area contributed by atoms with Gasteiger partial charge in [-0.05, 0) is 6.07 Å². The van der Waals surface area contributed by atoms with Crippen LogP contribution in [0.3, 0.4) is 0 Å². The SMILES string of the molecule is CC(C)(C(=O)Nc1nncs1)[C@H]1c2ccccc2Oc2n[c]([Al])ccc21. The highest BCUT2D eigenvalue weighted by atomic mass is 32.1. The Kier molecular flexibility index (Phi) is 4.27. The van der Waals surface area contributed by atoms with Crippen molar-refractivity contribution in [2.45, 2.75) is 19.8 Å². The Hall–Kier alpha value is -2.27. The van der Waals surface area contributed by atoms with E-state index in [-0.39, 0.29) is 11.8 Å². The molecule has 0 aliphatic carbocycles. The van der Waals surface area contributed by atoms with Crippen LogP contribution < -0.4 is 14.6 Å². The van der Waals surface area contributed by atoms with Crippen molar-refractivity contribution in [1.82, 2.24) is 15.2 Å². The minimum absolute atomic E-state index is 0.128. The minimum Gasteiger partial charge on any atom is -0.438 e. The number of hydrogen-bond acceptors (Lipinski definition) is 6. The molecule has 3 aromatic rings. The first-order valence-corrected chi connectivity index (χ1v) is 9.53. The van der Waals surface area contributed by atoms with E-state index in [1.165, 1.54) is 11.3 Å². The van der Waals surface area contributed by atoms with E-state index in [9.17, 15) is 4.79 Å². The highest BCUT2D eigenvalue weighted by Gasteiger charge is 2.44. The summed E-state index contributed by atoms with van der Waals surface area (Å²) in [6.07, 6.45) is 0. The predicted molar refractivity (Wildman–Crippen MR) is 100 cm³/mol. The van der Waals surface area contributed by atoms with Gasteiger partial charge in [0.05, 0.1) is 5.41 Å². The number of para-hydroxylation sites is 1. The number of benzene rings is 1. The molecular formula is C18H15AlN4O2S. The van der Waals surface area contributed by atoms with Gasteiger partial charge < -0.3 is 10.1 Å². The molecule has 26 heavy (non-hydrogen) atoms. The second kappa shape index (κ2) is 6.47. The van der Waals surface area contributed by atoms with Crippen LogP contribution in [0, 0.1) is 5.41 Å². The van der Waals surface area contributed by atoms with Crippen LogP contribution in [-0.2, 0) is 4.79 Å². The lowest BCUT2D eigenvalue weighted by molar-refractivity contribution is -0.124. The van der Waals surface area contributed by atoms with Gasteiger partial charge in [0.1, 0.15) is 11.3 Å². The van der Waals surface area contributed by atoms with Gasteiger partial charge in [-0.25, -0.2) is 4.98 Å². The molecule has 2 aromatic heterocycles. The molecule has 0 bridgehead atoms. The number of anilines is 1. The number of nitrogens with zero attached hydrogens (tertiary/aromatic N) is 3. The maximum atomic E-state index is 13.1. The fourth-order valence-electron chi connectivity index (χ4n) is 3.24. The van der Waals surface area contributed by atoms with Crippen LogP contribution in [0.2, 0.25) is 0 Å². The number of aromatic nitrogens is 3. The first kappa shape index (κ1) is 17.2. The quantitative estimate of drug-likeness (QED) is 0.709. The van der Waals surface area contributed by atoms with Crippen LogP contribution in [0.4, 0.5) is 5.13 Å². The third-order valence-electron chi connectivity index (χ3n) is 4.55. The highest BCUT2D eigenvalue weighted by Crippen LogP contribution is 2.51. The van der Waals surface area contributed by atoms with E-state index in [4.69, 9.17) is 4.74 Å². The van der Waals surface area contributed by atoms with E-state index in [1.807, 2.05) is 50.2 Å². The Labute approximate surface area is 163 Å². The molecule has 1 N–H and O–H groups in total. The van der Waals surface area contributed by atoms with Gasteiger partial charge in [-0.15, -0.1) is 10.2 Å². The lowest BCUT2D eigenvalue weighted by Gasteiger charge is -2.37. The molecule has 0 fully saturated rings. The summed E-state index contributed by atoms with van der Waals surface area (Å²) in [5.74, 6) is 0.938. The van der Waals surface area contributed by atoms with Crippen LogP contribution >= 0.6 is 11.3 Å². The van der Waals surface area contributed by atoms with Crippen molar-refractivity contribution < 1.29 is 9.53 Å². The maximum absolute atomic E-state index is 13.1. The topological polar surface area (TPSA) is 77.0 Å². The lowest BCUT2D eigenvalue weighted by Crippen LogP contribution is -2.38. The first-order valence-electron chi connectivity index (χ1n) is 8.07. The van der Waals surface area contributed by atoms with Crippen LogP contribution in [0.1, 0.15) is 30.9 Å². The number of carbonyl (C=O) groups is 1. The Bertz CT molecular complexity index is 975. The van der Waals surface area contributed by atoms with Crippen LogP contribution in [-0.4, -0.2) is 37.4 Å². The predicted octanol–water partition coefficient (Wildman–Crippen LogP) is 2.63. The molecule has 4 rings (SSSR count). The van der Waals surface area contributed by atoms with Crippen LogP contribution in [0.25, 0.3) is 0 Å². The Morgan fingerprint density at radius 1 is 1.23 bits per heavy atom. The zero-order chi connectivity index (χ0) is 18.3. The normalized spacial score (nSPS) is 15.5.